The Hall–Kier alpha value is -2.19. The van der Waals surface area contributed by atoms with E-state index in [4.69, 9.17) is 21.1 Å². The van der Waals surface area contributed by atoms with Crippen molar-refractivity contribution in [1.29, 1.82) is 0 Å². The monoisotopic (exact) mass is 460 g/mol. The van der Waals surface area contributed by atoms with Crippen molar-refractivity contribution in [2.75, 3.05) is 50.8 Å². The van der Waals surface area contributed by atoms with Crippen LogP contribution in [0.25, 0.3) is 0 Å². The molecule has 0 unspecified atom stereocenters. The topological polar surface area (TPSA) is 74.3 Å². The first-order valence-corrected chi connectivity index (χ1v) is 12.0. The highest BCUT2D eigenvalue weighted by atomic mass is 35.5. The predicted molar refractivity (Wildman–Crippen MR) is 119 cm³/mol. The first kappa shape index (κ1) is 20.4. The molecule has 0 aromatic heterocycles. The molecule has 32 heavy (non-hydrogen) atoms. The van der Waals surface area contributed by atoms with Gasteiger partial charge in [-0.2, -0.15) is 0 Å². The van der Waals surface area contributed by atoms with E-state index in [1.165, 1.54) is 19.3 Å². The number of likely N-dealkylation sites (tertiary alicyclic amines) is 2. The van der Waals surface area contributed by atoms with Crippen molar-refractivity contribution in [3.8, 4) is 5.75 Å². The lowest BCUT2D eigenvalue weighted by atomic mass is 9.63. The van der Waals surface area contributed by atoms with Crippen LogP contribution < -0.4 is 15.0 Å². The predicted octanol–water partition coefficient (Wildman–Crippen LogP) is 2.10. The minimum absolute atomic E-state index is 0.00119. The molecule has 5 aliphatic rings. The molecule has 172 valence electrons. The summed E-state index contributed by atoms with van der Waals surface area (Å²) in [7, 11) is 0. The Bertz CT molecular complexity index is 925. The Morgan fingerprint density at radius 2 is 1.97 bits per heavy atom. The van der Waals surface area contributed by atoms with Crippen LogP contribution in [0, 0.1) is 5.41 Å². The van der Waals surface area contributed by atoms with Crippen LogP contribution in [0.2, 0.25) is 5.02 Å². The number of benzene rings is 1. The van der Waals surface area contributed by atoms with Crippen molar-refractivity contribution in [1.82, 2.24) is 15.1 Å². The fraction of sp³-hybridized carbons (Fsp3) is 0.652. The molecule has 6 rings (SSSR count). The van der Waals surface area contributed by atoms with E-state index in [0.29, 0.717) is 36.6 Å². The first-order valence-electron chi connectivity index (χ1n) is 11.6. The minimum Gasteiger partial charge on any atom is -0.487 e. The molecule has 1 saturated carbocycles. The van der Waals surface area contributed by atoms with Crippen LogP contribution >= 0.6 is 11.6 Å². The average molecular weight is 461 g/mol. The number of piperidine rings is 1. The van der Waals surface area contributed by atoms with Gasteiger partial charge < -0.3 is 29.5 Å². The molecule has 1 aliphatic carbocycles. The summed E-state index contributed by atoms with van der Waals surface area (Å²) in [6.07, 6.45) is 4.76. The number of carbonyl (C=O) groups is 2. The molecule has 8 nitrogen and oxygen atoms in total. The number of hydrogen-bond donors (Lipinski definition) is 1. The van der Waals surface area contributed by atoms with Gasteiger partial charge in [-0.05, 0) is 31.4 Å². The lowest BCUT2D eigenvalue weighted by Crippen LogP contribution is -2.65. The number of anilines is 1. The number of carbonyl (C=O) groups excluding carboxylic acids is 2. The molecule has 4 aliphatic heterocycles. The number of ether oxygens (including phenoxy) is 2. The Morgan fingerprint density at radius 1 is 1.16 bits per heavy atom. The van der Waals surface area contributed by atoms with Crippen LogP contribution in [0.4, 0.5) is 10.5 Å². The Labute approximate surface area is 192 Å². The van der Waals surface area contributed by atoms with Crippen molar-refractivity contribution in [2.24, 2.45) is 5.41 Å². The Kier molecular flexibility index (Phi) is 4.91. The molecule has 4 heterocycles. The summed E-state index contributed by atoms with van der Waals surface area (Å²) in [5, 5.41) is 3.62. The molecule has 1 spiro atoms. The molecule has 9 heteroatoms. The van der Waals surface area contributed by atoms with Crippen LogP contribution in [0.5, 0.6) is 5.75 Å². The second-order valence-corrected chi connectivity index (χ2v) is 10.5. The number of nitrogens with one attached hydrogen (secondary N) is 1. The summed E-state index contributed by atoms with van der Waals surface area (Å²) in [5.41, 5.74) is 1.68. The molecule has 5 fully saturated rings. The van der Waals surface area contributed by atoms with Gasteiger partial charge in [-0.1, -0.05) is 18.0 Å². The molecule has 1 aromatic carbocycles. The van der Waals surface area contributed by atoms with Crippen molar-refractivity contribution < 1.29 is 19.1 Å². The van der Waals surface area contributed by atoms with Crippen LogP contribution in [0.1, 0.15) is 25.7 Å². The quantitative estimate of drug-likeness (QED) is 0.747. The second kappa shape index (κ2) is 7.70. The van der Waals surface area contributed by atoms with E-state index in [0.717, 1.165) is 30.9 Å². The largest absolute Gasteiger partial charge is 0.487 e. The molecule has 1 N–H and O–H groups in total. The summed E-state index contributed by atoms with van der Waals surface area (Å²) in [4.78, 5) is 30.5. The van der Waals surface area contributed by atoms with E-state index >= 15 is 0 Å². The van der Waals surface area contributed by atoms with Gasteiger partial charge in [-0.3, -0.25) is 4.79 Å². The van der Waals surface area contributed by atoms with Gasteiger partial charge in [0.1, 0.15) is 18.5 Å². The van der Waals surface area contributed by atoms with Crippen LogP contribution in [-0.2, 0) is 9.53 Å². The smallest absolute Gasteiger partial charge is 0.320 e. The number of amides is 3. The third-order valence-corrected chi connectivity index (χ3v) is 7.92. The molecular formula is C23H29ClN4O4. The Balaban J connectivity index is 1.01. The summed E-state index contributed by atoms with van der Waals surface area (Å²) in [6, 6.07) is 5.81. The molecule has 4 saturated heterocycles. The van der Waals surface area contributed by atoms with E-state index in [1.54, 1.807) is 4.90 Å². The van der Waals surface area contributed by atoms with E-state index < -0.39 is 0 Å². The third-order valence-electron chi connectivity index (χ3n) is 7.70. The van der Waals surface area contributed by atoms with Crippen LogP contribution in [0.15, 0.2) is 18.2 Å². The molecule has 3 amide bonds. The van der Waals surface area contributed by atoms with Gasteiger partial charge in [0.05, 0.1) is 25.2 Å². The van der Waals surface area contributed by atoms with E-state index in [-0.39, 0.29) is 36.8 Å². The van der Waals surface area contributed by atoms with E-state index in [2.05, 4.69) is 16.3 Å². The van der Waals surface area contributed by atoms with E-state index in [1.807, 2.05) is 17.0 Å². The first-order chi connectivity index (χ1) is 15.5. The number of rotatable bonds is 3. The molecule has 0 bridgehead atoms. The fourth-order valence-electron chi connectivity index (χ4n) is 5.67. The number of nitrogens with zero attached hydrogens (tertiary/aromatic N) is 3. The van der Waals surface area contributed by atoms with Gasteiger partial charge in [-0.25, -0.2) is 4.79 Å². The SMILES string of the molecule is O=C1CO[C@H]2CCN(C(=O)N3CC(Oc4cc(Cl)cc(N5CC6(CCC6)C5)c4)C3)C[C@H]2N1. The zero-order valence-electron chi connectivity index (χ0n) is 18.1. The summed E-state index contributed by atoms with van der Waals surface area (Å²) in [6.45, 7) is 4.59. The zero-order valence-corrected chi connectivity index (χ0v) is 18.9. The molecule has 0 radical (unpaired) electrons. The van der Waals surface area contributed by atoms with Crippen molar-refractivity contribution in [3.63, 3.8) is 0 Å². The number of fused-ring (bicyclic) bond motifs is 1. The highest BCUT2D eigenvalue weighted by molar-refractivity contribution is 6.31. The maximum Gasteiger partial charge on any atom is 0.320 e. The molecule has 1 aromatic rings. The Morgan fingerprint density at radius 3 is 2.72 bits per heavy atom. The van der Waals surface area contributed by atoms with Gasteiger partial charge >= 0.3 is 6.03 Å². The van der Waals surface area contributed by atoms with Crippen molar-refractivity contribution in [3.05, 3.63) is 23.2 Å². The summed E-state index contributed by atoms with van der Waals surface area (Å²) < 4.78 is 11.7. The van der Waals surface area contributed by atoms with Gasteiger partial charge in [0.25, 0.3) is 0 Å². The van der Waals surface area contributed by atoms with E-state index in [9.17, 15) is 9.59 Å². The summed E-state index contributed by atoms with van der Waals surface area (Å²) >= 11 is 6.37. The standard InChI is InChI=1S/C23H29ClN4O4/c24-15-6-16(28-13-23(14-28)3-1-4-23)8-17(7-15)32-18-9-27(10-18)22(30)26-5-2-20-19(11-26)25-21(29)12-31-20/h6-8,18-20H,1-5,9-14H2,(H,25,29)/t19-,20+/m1/s1. The van der Waals surface area contributed by atoms with Crippen molar-refractivity contribution in [2.45, 2.75) is 43.9 Å². The summed E-state index contributed by atoms with van der Waals surface area (Å²) in [5.74, 6) is 0.655. The van der Waals surface area contributed by atoms with Crippen LogP contribution in [-0.4, -0.2) is 85.9 Å². The lowest BCUT2D eigenvalue weighted by molar-refractivity contribution is -0.139. The zero-order chi connectivity index (χ0) is 21.9. The van der Waals surface area contributed by atoms with Crippen molar-refractivity contribution >= 4 is 29.2 Å². The number of halogens is 1. The van der Waals surface area contributed by atoms with Gasteiger partial charge in [0.15, 0.2) is 0 Å². The van der Waals surface area contributed by atoms with Gasteiger partial charge in [0, 0.05) is 48.4 Å². The third kappa shape index (κ3) is 3.67. The number of urea groups is 1. The van der Waals surface area contributed by atoms with Crippen LogP contribution in [0.3, 0.4) is 0 Å². The number of hydrogen-bond acceptors (Lipinski definition) is 5. The second-order valence-electron chi connectivity index (χ2n) is 10.0. The average Bonchev–Trinajstić information content (AvgIpc) is 2.67. The maximum absolute atomic E-state index is 12.9. The number of morpholine rings is 1. The fourth-order valence-corrected chi connectivity index (χ4v) is 5.89. The molecular weight excluding hydrogens is 432 g/mol. The van der Waals surface area contributed by atoms with Gasteiger partial charge in [0.2, 0.25) is 5.91 Å². The van der Waals surface area contributed by atoms with Gasteiger partial charge in [-0.15, -0.1) is 0 Å². The minimum atomic E-state index is -0.118. The highest BCUT2D eigenvalue weighted by Gasteiger charge is 2.47. The highest BCUT2D eigenvalue weighted by Crippen LogP contribution is 2.50. The normalized spacial score (nSPS) is 28.9. The maximum atomic E-state index is 12.9. The molecule has 2 atom stereocenters. The lowest BCUT2D eigenvalue weighted by Gasteiger charge is -2.57.